The number of pyridine rings is 2. The van der Waals surface area contributed by atoms with E-state index >= 15 is 0 Å². The number of benzene rings is 2. The van der Waals surface area contributed by atoms with E-state index in [1.165, 1.54) is 19.4 Å². The van der Waals surface area contributed by atoms with E-state index in [-0.39, 0.29) is 24.3 Å². The monoisotopic (exact) mass is 1010 g/mol. The average molecular weight is 1010 g/mol. The highest BCUT2D eigenvalue weighted by molar-refractivity contribution is 6.33. The maximum absolute atomic E-state index is 12.7. The number of nitro groups is 1. The van der Waals surface area contributed by atoms with E-state index in [9.17, 15) is 20.0 Å². The van der Waals surface area contributed by atoms with Crippen LogP contribution < -0.4 is 15.5 Å². The number of nitrogens with zero attached hydrogens (tertiary/aromatic N) is 9. The number of aliphatic hydroxyl groups excluding tert-OH is 1. The first-order valence-corrected chi connectivity index (χ1v) is 25.2. The number of nitrogen functional groups attached to an aromatic ring is 1. The zero-order valence-corrected chi connectivity index (χ0v) is 42.1. The van der Waals surface area contributed by atoms with Crippen LogP contribution in [0.5, 0.6) is 0 Å². The second kappa shape index (κ2) is 24.2. The van der Waals surface area contributed by atoms with Gasteiger partial charge in [-0.15, -0.1) is 0 Å². The van der Waals surface area contributed by atoms with Gasteiger partial charge in [-0.1, -0.05) is 84.5 Å². The molecular weight excluding hydrogens is 950 g/mol. The molecule has 2 aromatic heterocycles. The summed E-state index contributed by atoms with van der Waals surface area (Å²) in [6.45, 7) is 13.3. The topological polar surface area (TPSA) is 161 Å². The number of ether oxygens (including phenoxy) is 1. The second-order valence-electron chi connectivity index (χ2n) is 18.1. The van der Waals surface area contributed by atoms with Crippen LogP contribution >= 0.6 is 46.4 Å². The molecule has 2 aromatic carbocycles. The lowest BCUT2D eigenvalue weighted by Crippen LogP contribution is -2.58. The fourth-order valence-electron chi connectivity index (χ4n) is 10.6. The maximum atomic E-state index is 12.7. The van der Waals surface area contributed by atoms with Gasteiger partial charge >= 0.3 is 5.97 Å². The normalized spacial score (nSPS) is 21.5. The third-order valence-corrected chi connectivity index (χ3v) is 15.3. The van der Waals surface area contributed by atoms with Crippen LogP contribution in [0.15, 0.2) is 73.1 Å². The molecule has 4 saturated heterocycles. The molecule has 0 amide bonds. The number of carbonyl (C=O) groups is 1. The summed E-state index contributed by atoms with van der Waals surface area (Å²) in [4.78, 5) is 46.3. The third kappa shape index (κ3) is 12.5. The average Bonchev–Trinajstić information content (AvgIpc) is 3.35. The van der Waals surface area contributed by atoms with E-state index in [1.807, 2.05) is 36.4 Å². The van der Waals surface area contributed by atoms with Gasteiger partial charge in [0.25, 0.3) is 5.69 Å². The Morgan fingerprint density at radius 1 is 0.735 bits per heavy atom. The van der Waals surface area contributed by atoms with Crippen LogP contribution in [0.3, 0.4) is 0 Å². The summed E-state index contributed by atoms with van der Waals surface area (Å²) >= 11 is 24.9. The molecule has 15 nitrogen and oxygen atoms in total. The van der Waals surface area contributed by atoms with Gasteiger partial charge in [0.1, 0.15) is 23.9 Å². The number of hydrogen-bond acceptors (Lipinski definition) is 14. The van der Waals surface area contributed by atoms with Crippen LogP contribution in [0.25, 0.3) is 0 Å². The first-order valence-electron chi connectivity index (χ1n) is 23.7. The van der Waals surface area contributed by atoms with Crippen molar-refractivity contribution < 1.29 is 19.6 Å². The Morgan fingerprint density at radius 3 is 1.65 bits per heavy atom. The number of anilines is 3. The number of aliphatic hydroxyl groups is 1. The number of esters is 1. The Balaban J connectivity index is 0.000000203. The number of methoxy groups -OCH3 is 1. The zero-order valence-electron chi connectivity index (χ0n) is 39.1. The van der Waals surface area contributed by atoms with Crippen molar-refractivity contribution in [3.8, 4) is 0 Å². The Hall–Kier alpha value is -4.03. The standard InChI is InChI=1S/C25H31Cl2N5O4.C24H33Cl2N5O/c1-3-19-16-30(24-22(27)14-21(15-28-24)32(34)35)12-13-31(19)20-8-10-29(11-9-20)23(25(33)36-2)17-4-6-18(26)7-5-17;1-2-20-15-30(24-22(26)13-19(27)14-28-24)11-12-31(20)21-7-9-29(10-8-21)23(16-32)17-3-5-18(25)6-4-17/h4-7,14-15,19-20,23H,3,8-13,16H2,1-2H3;3-6,13-14,20-21,23,32H,2,7-12,15-16,27H2,1H3/t19-,23-;20-,23+/m00/s1. The van der Waals surface area contributed by atoms with Crippen molar-refractivity contribution >= 4 is 75.4 Å². The van der Waals surface area contributed by atoms with Crippen molar-refractivity contribution in [1.29, 1.82) is 0 Å². The van der Waals surface area contributed by atoms with E-state index < -0.39 is 11.0 Å². The summed E-state index contributed by atoms with van der Waals surface area (Å²) < 4.78 is 5.13. The quantitative estimate of drug-likeness (QED) is 0.0744. The predicted octanol–water partition coefficient (Wildman–Crippen LogP) is 8.65. The van der Waals surface area contributed by atoms with E-state index in [0.29, 0.717) is 50.7 Å². The third-order valence-electron chi connectivity index (χ3n) is 14.2. The van der Waals surface area contributed by atoms with Gasteiger partial charge in [-0.3, -0.25) is 29.7 Å². The van der Waals surface area contributed by atoms with Gasteiger partial charge < -0.3 is 25.4 Å². The summed E-state index contributed by atoms with van der Waals surface area (Å²) in [5, 5.41) is 23.4. The van der Waals surface area contributed by atoms with Gasteiger partial charge in [0.15, 0.2) is 0 Å². The minimum Gasteiger partial charge on any atom is -0.468 e. The van der Waals surface area contributed by atoms with Gasteiger partial charge in [0.05, 0.1) is 46.6 Å². The van der Waals surface area contributed by atoms with Gasteiger partial charge in [0, 0.05) is 106 Å². The van der Waals surface area contributed by atoms with Crippen molar-refractivity contribution in [1.82, 2.24) is 29.6 Å². The highest BCUT2D eigenvalue weighted by Crippen LogP contribution is 2.35. The fourth-order valence-corrected chi connectivity index (χ4v) is 11.4. The van der Waals surface area contributed by atoms with Crippen molar-refractivity contribution in [3.05, 3.63) is 114 Å². The molecule has 0 spiro atoms. The smallest absolute Gasteiger partial charge is 0.327 e. The summed E-state index contributed by atoms with van der Waals surface area (Å²) in [6.07, 6.45) is 9.14. The predicted molar refractivity (Wildman–Crippen MR) is 272 cm³/mol. The van der Waals surface area contributed by atoms with Crippen LogP contribution in [0.4, 0.5) is 23.0 Å². The van der Waals surface area contributed by atoms with Crippen LogP contribution in [-0.4, -0.2) is 149 Å². The first-order chi connectivity index (χ1) is 32.8. The number of piperazine rings is 2. The molecule has 0 bridgehead atoms. The summed E-state index contributed by atoms with van der Waals surface area (Å²) in [5.41, 5.74) is 8.32. The van der Waals surface area contributed by atoms with Gasteiger partial charge in [-0.2, -0.15) is 0 Å². The molecular formula is C49H64Cl4N10O5. The number of nitrogens with two attached hydrogens (primary N) is 1. The molecule has 368 valence electrons. The molecule has 68 heavy (non-hydrogen) atoms. The van der Waals surface area contributed by atoms with E-state index in [2.05, 4.69) is 53.2 Å². The van der Waals surface area contributed by atoms with Gasteiger partial charge in [-0.25, -0.2) is 14.8 Å². The largest absolute Gasteiger partial charge is 0.468 e. The molecule has 0 saturated carbocycles. The number of halogens is 4. The molecule has 4 aromatic rings. The molecule has 4 atom stereocenters. The van der Waals surface area contributed by atoms with Crippen molar-refractivity contribution in [3.63, 3.8) is 0 Å². The van der Waals surface area contributed by atoms with E-state index in [0.717, 1.165) is 126 Å². The summed E-state index contributed by atoms with van der Waals surface area (Å²) in [6, 6.07) is 19.7. The SMILES string of the molecule is CC[C@H]1CN(c2ncc(N)cc2Cl)CCN1C1CCN([C@H](CO)c2ccc(Cl)cc2)CC1.CC[C@H]1CN(c2ncc([N+](=O)[O-])cc2Cl)CCN1C1CCN([C@H](C(=O)OC)c2ccc(Cl)cc2)CC1. The van der Waals surface area contributed by atoms with Crippen molar-refractivity contribution in [2.75, 3.05) is 94.7 Å². The Kier molecular flexibility index (Phi) is 18.4. The van der Waals surface area contributed by atoms with Crippen LogP contribution in [-0.2, 0) is 9.53 Å². The van der Waals surface area contributed by atoms with Crippen LogP contribution in [0.1, 0.15) is 75.6 Å². The molecule has 19 heteroatoms. The first kappa shape index (κ1) is 51.8. The minimum atomic E-state index is -0.487. The van der Waals surface area contributed by atoms with Crippen molar-refractivity contribution in [2.24, 2.45) is 0 Å². The molecule has 4 aliphatic heterocycles. The number of carbonyl (C=O) groups excluding carboxylic acids is 1. The molecule has 6 heterocycles. The fraction of sp³-hybridized carbons (Fsp3) is 0.531. The van der Waals surface area contributed by atoms with E-state index in [4.69, 9.17) is 56.9 Å². The number of hydrogen-bond donors (Lipinski definition) is 2. The number of piperidine rings is 2. The molecule has 8 rings (SSSR count). The number of likely N-dealkylation sites (tertiary alicyclic amines) is 2. The molecule has 0 unspecified atom stereocenters. The molecule has 4 fully saturated rings. The Morgan fingerprint density at radius 2 is 1.21 bits per heavy atom. The lowest BCUT2D eigenvalue weighted by Gasteiger charge is -2.48. The lowest BCUT2D eigenvalue weighted by molar-refractivity contribution is -0.385. The Bertz CT molecular complexity index is 2290. The van der Waals surface area contributed by atoms with Crippen LogP contribution in [0, 0.1) is 10.1 Å². The molecule has 4 aliphatic rings. The minimum absolute atomic E-state index is 0.0331. The van der Waals surface area contributed by atoms with E-state index in [1.54, 1.807) is 24.4 Å². The molecule has 0 radical (unpaired) electrons. The maximum Gasteiger partial charge on any atom is 0.327 e. The zero-order chi connectivity index (χ0) is 48.5. The number of aromatic nitrogens is 2. The van der Waals surface area contributed by atoms with Gasteiger partial charge in [-0.05, 0) is 80.0 Å². The van der Waals surface area contributed by atoms with Crippen LogP contribution in [0.2, 0.25) is 20.1 Å². The number of rotatable bonds is 13. The van der Waals surface area contributed by atoms with Crippen molar-refractivity contribution in [2.45, 2.75) is 88.6 Å². The van der Waals surface area contributed by atoms with Gasteiger partial charge in [0.2, 0.25) is 0 Å². The molecule has 3 N–H and O–H groups in total. The highest BCUT2D eigenvalue weighted by Gasteiger charge is 2.38. The summed E-state index contributed by atoms with van der Waals surface area (Å²) in [5.74, 6) is 1.17. The summed E-state index contributed by atoms with van der Waals surface area (Å²) in [7, 11) is 1.43. The lowest BCUT2D eigenvalue weighted by atomic mass is 9.95. The second-order valence-corrected chi connectivity index (χ2v) is 19.8. The highest BCUT2D eigenvalue weighted by atomic mass is 35.5. The Labute approximate surface area is 420 Å². The molecule has 0 aliphatic carbocycles.